The molecule has 0 bridgehead atoms. The summed E-state index contributed by atoms with van der Waals surface area (Å²) >= 11 is 0. The van der Waals surface area contributed by atoms with Gasteiger partial charge < -0.3 is 0 Å². The fraction of sp³-hybridized carbons (Fsp3) is 0. The van der Waals surface area contributed by atoms with Crippen molar-refractivity contribution < 1.29 is 8.42 Å². The first-order valence-electron chi connectivity index (χ1n) is 4.35. The Labute approximate surface area is 86.2 Å². The topological polar surface area (TPSA) is 59.9 Å². The summed E-state index contributed by atoms with van der Waals surface area (Å²) in [6.45, 7) is 0. The molecule has 3 rings (SSSR count). The predicted octanol–water partition coefficient (Wildman–Crippen LogP) is 1.39. The zero-order valence-corrected chi connectivity index (χ0v) is 8.40. The van der Waals surface area contributed by atoms with Crippen LogP contribution in [0.5, 0.6) is 0 Å². The van der Waals surface area contributed by atoms with E-state index >= 15 is 0 Å². The summed E-state index contributed by atoms with van der Waals surface area (Å²) in [5, 5.41) is 2.16. The molecule has 0 spiro atoms. The van der Waals surface area contributed by atoms with Crippen molar-refractivity contribution in [3.8, 4) is 0 Å². The van der Waals surface area contributed by atoms with Gasteiger partial charge in [0.25, 0.3) is 0 Å². The molecule has 0 saturated carbocycles. The minimum absolute atomic E-state index is 0.140. The first-order valence-corrected chi connectivity index (χ1v) is 5.89. The van der Waals surface area contributed by atoms with E-state index < -0.39 is 9.84 Å². The van der Waals surface area contributed by atoms with Crippen molar-refractivity contribution >= 4 is 26.8 Å². The summed E-state index contributed by atoms with van der Waals surface area (Å²) < 4.78 is 23.1. The number of fused-ring (bicyclic) bond motifs is 2. The van der Waals surface area contributed by atoms with Crippen molar-refractivity contribution in [1.29, 1.82) is 0 Å². The second-order valence-corrected chi connectivity index (χ2v) is 5.05. The van der Waals surface area contributed by atoms with Gasteiger partial charge >= 0.3 is 0 Å². The summed E-state index contributed by atoms with van der Waals surface area (Å²) in [6.07, 6.45) is 4.82. The molecular formula is C10H6N2O2S. The van der Waals surface area contributed by atoms with Crippen molar-refractivity contribution in [2.45, 2.75) is 5.03 Å². The van der Waals surface area contributed by atoms with Gasteiger partial charge in [0, 0.05) is 28.8 Å². The minimum atomic E-state index is -3.31. The lowest BCUT2D eigenvalue weighted by Gasteiger charge is -2.00. The van der Waals surface area contributed by atoms with Crippen molar-refractivity contribution in [2.75, 3.05) is 0 Å². The third kappa shape index (κ3) is 1.16. The van der Waals surface area contributed by atoms with Gasteiger partial charge in [-0.05, 0) is 18.2 Å². The van der Waals surface area contributed by atoms with Crippen molar-refractivity contribution in [3.05, 3.63) is 35.5 Å². The first kappa shape index (κ1) is 8.55. The number of hydrogen-bond donors (Lipinski definition) is 0. The monoisotopic (exact) mass is 218 g/mol. The van der Waals surface area contributed by atoms with Crippen LogP contribution in [-0.4, -0.2) is 18.4 Å². The van der Waals surface area contributed by atoms with Crippen LogP contribution in [0.3, 0.4) is 0 Å². The van der Waals surface area contributed by atoms with E-state index in [4.69, 9.17) is 0 Å². The molecule has 0 unspecified atom stereocenters. The number of sulfone groups is 1. The second-order valence-electron chi connectivity index (χ2n) is 3.30. The van der Waals surface area contributed by atoms with E-state index in [2.05, 4.69) is 9.97 Å². The maximum Gasteiger partial charge on any atom is 0.217 e. The summed E-state index contributed by atoms with van der Waals surface area (Å²) in [5.41, 5.74) is 1.28. The Morgan fingerprint density at radius 1 is 1.27 bits per heavy atom. The van der Waals surface area contributed by atoms with Gasteiger partial charge in [0.05, 0.1) is 5.52 Å². The van der Waals surface area contributed by atoms with Crippen LogP contribution in [0, 0.1) is 0 Å². The van der Waals surface area contributed by atoms with E-state index in [1.54, 1.807) is 30.6 Å². The van der Waals surface area contributed by atoms with Crippen molar-refractivity contribution in [1.82, 2.24) is 9.97 Å². The quantitative estimate of drug-likeness (QED) is 0.670. The van der Waals surface area contributed by atoms with E-state index in [9.17, 15) is 8.42 Å². The zero-order chi connectivity index (χ0) is 10.5. The van der Waals surface area contributed by atoms with Gasteiger partial charge in [-0.2, -0.15) is 0 Å². The Balaban J connectivity index is 2.47. The molecule has 0 aliphatic carbocycles. The Hall–Kier alpha value is -1.75. The van der Waals surface area contributed by atoms with Crippen molar-refractivity contribution in [3.63, 3.8) is 0 Å². The van der Waals surface area contributed by atoms with Crippen LogP contribution in [0.25, 0.3) is 17.0 Å². The molecule has 74 valence electrons. The van der Waals surface area contributed by atoms with Gasteiger partial charge in [0.15, 0.2) is 5.03 Å². The number of hydrogen-bond acceptors (Lipinski definition) is 4. The largest absolute Gasteiger partial charge is 0.264 e. The van der Waals surface area contributed by atoms with Crippen LogP contribution in [0.1, 0.15) is 5.56 Å². The first-order chi connectivity index (χ1) is 7.17. The highest BCUT2D eigenvalue weighted by molar-refractivity contribution is 7.94. The predicted molar refractivity (Wildman–Crippen MR) is 55.8 cm³/mol. The van der Waals surface area contributed by atoms with E-state index in [1.165, 1.54) is 5.41 Å². The maximum absolute atomic E-state index is 11.5. The standard InChI is InChI=1S/C10H6N2O2S/c13-15(14)4-2-7-5-8-6-11-3-1-9(8)12-10(7)15/h1-6H. The number of pyridine rings is 2. The highest BCUT2D eigenvalue weighted by Crippen LogP contribution is 2.27. The van der Waals surface area contributed by atoms with Crippen LogP contribution >= 0.6 is 0 Å². The molecule has 2 aromatic rings. The molecule has 4 nitrogen and oxygen atoms in total. The molecule has 3 heterocycles. The summed E-state index contributed by atoms with van der Waals surface area (Å²) in [7, 11) is -3.31. The Kier molecular flexibility index (Phi) is 1.50. The molecule has 15 heavy (non-hydrogen) atoms. The highest BCUT2D eigenvalue weighted by atomic mass is 32.2. The average Bonchev–Trinajstić information content (AvgIpc) is 2.52. The molecule has 2 aromatic heterocycles. The maximum atomic E-state index is 11.5. The fourth-order valence-corrected chi connectivity index (χ4v) is 2.73. The Morgan fingerprint density at radius 2 is 2.13 bits per heavy atom. The Bertz CT molecular complexity index is 690. The van der Waals surface area contributed by atoms with Gasteiger partial charge in [-0.25, -0.2) is 13.4 Å². The van der Waals surface area contributed by atoms with Gasteiger partial charge in [-0.1, -0.05) is 0 Å². The average molecular weight is 218 g/mol. The molecule has 0 saturated heterocycles. The fourth-order valence-electron chi connectivity index (χ4n) is 1.59. The molecule has 0 atom stereocenters. The molecule has 0 fully saturated rings. The van der Waals surface area contributed by atoms with Crippen molar-refractivity contribution in [2.24, 2.45) is 0 Å². The molecule has 5 heteroatoms. The molecule has 0 aromatic carbocycles. The third-order valence-corrected chi connectivity index (χ3v) is 3.66. The lowest BCUT2D eigenvalue weighted by molar-refractivity contribution is 0.602. The summed E-state index contributed by atoms with van der Waals surface area (Å²) in [6, 6.07) is 3.48. The van der Waals surface area contributed by atoms with E-state index in [0.717, 1.165) is 5.39 Å². The van der Waals surface area contributed by atoms with E-state index in [0.29, 0.717) is 11.1 Å². The molecular weight excluding hydrogens is 212 g/mol. The lowest BCUT2D eigenvalue weighted by Crippen LogP contribution is -1.97. The summed E-state index contributed by atoms with van der Waals surface area (Å²) in [5.74, 6) is 0. The van der Waals surface area contributed by atoms with Gasteiger partial charge in [-0.15, -0.1) is 0 Å². The molecule has 1 aliphatic heterocycles. The SMILES string of the molecule is O=S1(=O)C=Cc2cc3cnccc3nc21. The molecule has 0 amide bonds. The number of nitrogens with zero attached hydrogens (tertiary/aromatic N) is 2. The molecule has 1 aliphatic rings. The second kappa shape index (κ2) is 2.64. The summed E-state index contributed by atoms with van der Waals surface area (Å²) in [4.78, 5) is 8.08. The lowest BCUT2D eigenvalue weighted by atomic mass is 10.2. The molecule has 0 N–H and O–H groups in total. The number of rotatable bonds is 0. The highest BCUT2D eigenvalue weighted by Gasteiger charge is 2.22. The zero-order valence-electron chi connectivity index (χ0n) is 7.58. The van der Waals surface area contributed by atoms with E-state index in [-0.39, 0.29) is 5.03 Å². The van der Waals surface area contributed by atoms with E-state index in [1.807, 2.05) is 0 Å². The van der Waals surface area contributed by atoms with Gasteiger partial charge in [-0.3, -0.25) is 4.98 Å². The van der Waals surface area contributed by atoms with Gasteiger partial charge in [0.1, 0.15) is 0 Å². The number of aromatic nitrogens is 2. The van der Waals surface area contributed by atoms with Crippen LogP contribution in [0.15, 0.2) is 35.0 Å². The van der Waals surface area contributed by atoms with Crippen LogP contribution in [-0.2, 0) is 9.84 Å². The minimum Gasteiger partial charge on any atom is -0.264 e. The third-order valence-electron chi connectivity index (χ3n) is 2.30. The van der Waals surface area contributed by atoms with Crippen LogP contribution in [0.4, 0.5) is 0 Å². The van der Waals surface area contributed by atoms with Crippen LogP contribution < -0.4 is 0 Å². The van der Waals surface area contributed by atoms with Crippen LogP contribution in [0.2, 0.25) is 0 Å². The molecule has 0 radical (unpaired) electrons. The Morgan fingerprint density at radius 3 is 3.00 bits per heavy atom. The normalized spacial score (nSPS) is 16.8. The van der Waals surface area contributed by atoms with Gasteiger partial charge in [0.2, 0.25) is 9.84 Å². The smallest absolute Gasteiger partial charge is 0.217 e.